The van der Waals surface area contributed by atoms with Gasteiger partial charge >= 0.3 is 6.18 Å². The fourth-order valence-corrected chi connectivity index (χ4v) is 2.53. The van der Waals surface area contributed by atoms with Crippen molar-refractivity contribution in [1.29, 1.82) is 0 Å². The van der Waals surface area contributed by atoms with Gasteiger partial charge in [0.25, 0.3) is 0 Å². The average Bonchev–Trinajstić information content (AvgIpc) is 2.63. The molecule has 9 heteroatoms. The minimum Gasteiger partial charge on any atom is -0.326 e. The van der Waals surface area contributed by atoms with Gasteiger partial charge in [-0.1, -0.05) is 34.1 Å². The van der Waals surface area contributed by atoms with E-state index in [1.807, 2.05) is 0 Å². The van der Waals surface area contributed by atoms with Crippen molar-refractivity contribution in [2.45, 2.75) is 25.4 Å². The molecule has 0 unspecified atom stereocenters. The van der Waals surface area contributed by atoms with Crippen LogP contribution in [0.15, 0.2) is 58.1 Å². The Labute approximate surface area is 168 Å². The topological polar surface area (TPSA) is 70.6 Å². The second-order valence-electron chi connectivity index (χ2n) is 5.79. The molecular weight excluding hydrogens is 439 g/mol. The van der Waals surface area contributed by atoms with Crippen molar-refractivity contribution >= 4 is 39.6 Å². The van der Waals surface area contributed by atoms with Crippen LogP contribution >= 0.6 is 15.9 Å². The molecule has 28 heavy (non-hydrogen) atoms. The van der Waals surface area contributed by atoms with Gasteiger partial charge in [0.15, 0.2) is 0 Å². The van der Waals surface area contributed by atoms with Crippen LogP contribution in [-0.2, 0) is 15.8 Å². The number of carbonyl (C=O) groups is 2. The van der Waals surface area contributed by atoms with Gasteiger partial charge in [0.1, 0.15) is 0 Å². The number of amides is 2. The predicted octanol–water partition coefficient (Wildman–Crippen LogP) is 4.73. The Kier molecular flexibility index (Phi) is 7.74. The van der Waals surface area contributed by atoms with Gasteiger partial charge < -0.3 is 5.32 Å². The minimum absolute atomic E-state index is 0.0199. The molecule has 0 atom stereocenters. The lowest BCUT2D eigenvalue weighted by molar-refractivity contribution is -0.137. The van der Waals surface area contributed by atoms with Crippen molar-refractivity contribution in [3.8, 4) is 0 Å². The van der Waals surface area contributed by atoms with E-state index >= 15 is 0 Å². The van der Waals surface area contributed by atoms with E-state index < -0.39 is 17.6 Å². The largest absolute Gasteiger partial charge is 0.417 e. The third-order valence-corrected chi connectivity index (χ3v) is 4.12. The molecule has 0 aromatic heterocycles. The first-order chi connectivity index (χ1) is 13.3. The standard InChI is InChI=1S/C19H17BrF3N3O2/c20-14-8-10-15(11-9-14)25-17(27)6-3-7-18(28)26-24-12-13-4-1-2-5-16(13)19(21,22)23/h1-2,4-5,8-12H,3,6-7H2,(H,25,27)(H,26,28)/b24-12-. The Morgan fingerprint density at radius 3 is 2.32 bits per heavy atom. The number of carbonyl (C=O) groups excluding carboxylic acids is 2. The molecule has 5 nitrogen and oxygen atoms in total. The summed E-state index contributed by atoms with van der Waals surface area (Å²) in [5.41, 5.74) is 1.83. The maximum Gasteiger partial charge on any atom is 0.417 e. The van der Waals surface area contributed by atoms with E-state index in [1.54, 1.807) is 24.3 Å². The molecule has 0 bridgehead atoms. The summed E-state index contributed by atoms with van der Waals surface area (Å²) in [5.74, 6) is -0.727. The third-order valence-electron chi connectivity index (χ3n) is 3.59. The van der Waals surface area contributed by atoms with Crippen molar-refractivity contribution in [1.82, 2.24) is 5.43 Å². The molecule has 0 aliphatic heterocycles. The van der Waals surface area contributed by atoms with Gasteiger partial charge in [-0.15, -0.1) is 0 Å². The molecular formula is C19H17BrF3N3O2. The molecule has 0 aliphatic carbocycles. The average molecular weight is 456 g/mol. The maximum atomic E-state index is 12.9. The SMILES string of the molecule is O=C(CCCC(=O)Nc1ccc(Br)cc1)N/N=C\c1ccccc1C(F)(F)F. The van der Waals surface area contributed by atoms with Crippen LogP contribution in [0.1, 0.15) is 30.4 Å². The number of halogens is 4. The fraction of sp³-hybridized carbons (Fsp3) is 0.211. The van der Waals surface area contributed by atoms with Gasteiger partial charge in [0.2, 0.25) is 11.8 Å². The lowest BCUT2D eigenvalue weighted by Gasteiger charge is -2.09. The molecule has 2 rings (SSSR count). The van der Waals surface area contributed by atoms with Crippen LogP contribution in [0, 0.1) is 0 Å². The Bertz CT molecular complexity index is 852. The van der Waals surface area contributed by atoms with E-state index in [-0.39, 0.29) is 30.7 Å². The van der Waals surface area contributed by atoms with Crippen molar-refractivity contribution < 1.29 is 22.8 Å². The lowest BCUT2D eigenvalue weighted by Crippen LogP contribution is -2.19. The first-order valence-corrected chi connectivity index (χ1v) is 9.08. The highest BCUT2D eigenvalue weighted by atomic mass is 79.9. The number of hydrogen-bond acceptors (Lipinski definition) is 3. The molecule has 0 fully saturated rings. The minimum atomic E-state index is -4.51. The Morgan fingerprint density at radius 1 is 1.00 bits per heavy atom. The number of rotatable bonds is 7. The van der Waals surface area contributed by atoms with E-state index in [0.29, 0.717) is 5.69 Å². The quantitative estimate of drug-likeness (QED) is 0.468. The molecule has 0 spiro atoms. The number of benzene rings is 2. The normalized spacial score (nSPS) is 11.4. The highest BCUT2D eigenvalue weighted by Crippen LogP contribution is 2.31. The summed E-state index contributed by atoms with van der Waals surface area (Å²) in [6, 6.07) is 12.0. The van der Waals surface area contributed by atoms with Crippen molar-refractivity contribution in [3.63, 3.8) is 0 Å². The molecule has 2 amide bonds. The van der Waals surface area contributed by atoms with Gasteiger partial charge in [0.05, 0.1) is 11.8 Å². The second-order valence-corrected chi connectivity index (χ2v) is 6.70. The van der Waals surface area contributed by atoms with Gasteiger partial charge in [-0.3, -0.25) is 9.59 Å². The van der Waals surface area contributed by atoms with Gasteiger partial charge in [-0.05, 0) is 36.8 Å². The van der Waals surface area contributed by atoms with E-state index in [2.05, 4.69) is 31.8 Å². The summed E-state index contributed by atoms with van der Waals surface area (Å²) in [4.78, 5) is 23.5. The summed E-state index contributed by atoms with van der Waals surface area (Å²) in [6.45, 7) is 0. The zero-order valence-electron chi connectivity index (χ0n) is 14.6. The predicted molar refractivity (Wildman–Crippen MR) is 104 cm³/mol. The summed E-state index contributed by atoms with van der Waals surface area (Å²) in [6.07, 6.45) is -3.13. The molecule has 0 radical (unpaired) electrons. The highest BCUT2D eigenvalue weighted by Gasteiger charge is 2.32. The third kappa shape index (κ3) is 7.15. The second kappa shape index (κ2) is 10.0. The molecule has 0 aliphatic rings. The fourth-order valence-electron chi connectivity index (χ4n) is 2.26. The molecule has 148 valence electrons. The van der Waals surface area contributed by atoms with E-state index in [4.69, 9.17) is 0 Å². The van der Waals surface area contributed by atoms with Crippen molar-refractivity contribution in [2.24, 2.45) is 5.10 Å². The first-order valence-electron chi connectivity index (χ1n) is 8.29. The molecule has 0 heterocycles. The Morgan fingerprint density at radius 2 is 1.64 bits per heavy atom. The molecule has 2 N–H and O–H groups in total. The highest BCUT2D eigenvalue weighted by molar-refractivity contribution is 9.10. The van der Waals surface area contributed by atoms with Crippen LogP contribution in [-0.4, -0.2) is 18.0 Å². The molecule has 0 saturated heterocycles. The van der Waals surface area contributed by atoms with E-state index in [1.165, 1.54) is 18.2 Å². The van der Waals surface area contributed by atoms with Crippen molar-refractivity contribution in [3.05, 3.63) is 64.1 Å². The van der Waals surface area contributed by atoms with Crippen LogP contribution in [0.4, 0.5) is 18.9 Å². The summed E-state index contributed by atoms with van der Waals surface area (Å²) >= 11 is 3.29. The lowest BCUT2D eigenvalue weighted by atomic mass is 10.1. The Hall–Kier alpha value is -2.68. The van der Waals surface area contributed by atoms with Crippen molar-refractivity contribution in [2.75, 3.05) is 5.32 Å². The monoisotopic (exact) mass is 455 g/mol. The van der Waals surface area contributed by atoms with Gasteiger partial charge in [-0.25, -0.2) is 5.43 Å². The zero-order valence-corrected chi connectivity index (χ0v) is 16.2. The van der Waals surface area contributed by atoms with Crippen LogP contribution in [0.25, 0.3) is 0 Å². The zero-order chi connectivity index (χ0) is 20.6. The Balaban J connectivity index is 1.75. The number of alkyl halides is 3. The number of nitrogens with zero attached hydrogens (tertiary/aromatic N) is 1. The van der Waals surface area contributed by atoms with Crippen LogP contribution < -0.4 is 10.7 Å². The number of hydrazone groups is 1. The van der Waals surface area contributed by atoms with Crippen LogP contribution in [0.3, 0.4) is 0 Å². The first kappa shape index (κ1) is 21.6. The maximum absolute atomic E-state index is 12.9. The number of nitrogens with one attached hydrogen (secondary N) is 2. The van der Waals surface area contributed by atoms with Gasteiger partial charge in [0, 0.05) is 28.6 Å². The summed E-state index contributed by atoms with van der Waals surface area (Å²) < 4.78 is 39.5. The summed E-state index contributed by atoms with van der Waals surface area (Å²) in [5, 5.41) is 6.26. The smallest absolute Gasteiger partial charge is 0.326 e. The summed E-state index contributed by atoms with van der Waals surface area (Å²) in [7, 11) is 0. The van der Waals surface area contributed by atoms with Crippen LogP contribution in [0.2, 0.25) is 0 Å². The molecule has 0 saturated carbocycles. The number of hydrogen-bond donors (Lipinski definition) is 2. The van der Waals surface area contributed by atoms with E-state index in [0.717, 1.165) is 16.8 Å². The molecule has 2 aromatic carbocycles. The molecule has 2 aromatic rings. The van der Waals surface area contributed by atoms with E-state index in [9.17, 15) is 22.8 Å². The number of anilines is 1. The van der Waals surface area contributed by atoms with Gasteiger partial charge in [-0.2, -0.15) is 18.3 Å². The van der Waals surface area contributed by atoms with Crippen LogP contribution in [0.5, 0.6) is 0 Å².